The highest BCUT2D eigenvalue weighted by atomic mass is 19.4. The maximum atomic E-state index is 12.8. The summed E-state index contributed by atoms with van der Waals surface area (Å²) in [7, 11) is 0. The van der Waals surface area contributed by atoms with Gasteiger partial charge in [0.15, 0.2) is 0 Å². The van der Waals surface area contributed by atoms with E-state index < -0.39 is 23.9 Å². The molecule has 2 aliphatic heterocycles. The smallest absolute Gasteiger partial charge is 0.285 e. The highest BCUT2D eigenvalue weighted by Gasteiger charge is 2.43. The molecule has 0 aliphatic carbocycles. The van der Waals surface area contributed by atoms with E-state index in [9.17, 15) is 22.8 Å². The molecule has 0 spiro atoms. The van der Waals surface area contributed by atoms with Crippen molar-refractivity contribution in [1.82, 2.24) is 9.80 Å². The van der Waals surface area contributed by atoms with Crippen LogP contribution < -0.4 is 0 Å². The number of fused-ring (bicyclic) bond motifs is 1. The molecule has 7 heteroatoms. The predicted octanol–water partition coefficient (Wildman–Crippen LogP) is 2.51. The molecule has 118 valence electrons. The molecule has 1 saturated heterocycles. The molecular formula is C15H15F3N2O2. The zero-order valence-electron chi connectivity index (χ0n) is 11.8. The second-order valence-electron chi connectivity index (χ2n) is 5.68. The van der Waals surface area contributed by atoms with Crippen LogP contribution >= 0.6 is 0 Å². The van der Waals surface area contributed by atoms with Crippen molar-refractivity contribution in [1.29, 1.82) is 0 Å². The van der Waals surface area contributed by atoms with E-state index in [1.54, 1.807) is 24.3 Å². The van der Waals surface area contributed by atoms with Gasteiger partial charge in [-0.2, -0.15) is 13.2 Å². The molecule has 2 amide bonds. The summed E-state index contributed by atoms with van der Waals surface area (Å²) >= 11 is 0. The number of imide groups is 1. The largest absolute Gasteiger partial charge is 0.393 e. The van der Waals surface area contributed by atoms with Crippen LogP contribution in [-0.4, -0.2) is 47.5 Å². The van der Waals surface area contributed by atoms with E-state index in [4.69, 9.17) is 0 Å². The summed E-state index contributed by atoms with van der Waals surface area (Å²) in [6, 6.07) is 6.44. The molecule has 2 heterocycles. The van der Waals surface area contributed by atoms with E-state index >= 15 is 0 Å². The Hall–Kier alpha value is -1.89. The van der Waals surface area contributed by atoms with E-state index in [2.05, 4.69) is 0 Å². The number of alkyl halides is 3. The molecule has 1 aromatic rings. The Morgan fingerprint density at radius 1 is 1.09 bits per heavy atom. The fourth-order valence-electron chi connectivity index (χ4n) is 3.02. The van der Waals surface area contributed by atoms with Gasteiger partial charge in [-0.3, -0.25) is 19.4 Å². The fraction of sp³-hybridized carbons (Fsp3) is 0.467. The molecule has 0 bridgehead atoms. The molecule has 1 fully saturated rings. The molecule has 0 N–H and O–H groups in total. The van der Waals surface area contributed by atoms with Crippen LogP contribution in [0.3, 0.4) is 0 Å². The molecule has 2 aliphatic rings. The average molecular weight is 312 g/mol. The Balaban J connectivity index is 1.72. The highest BCUT2D eigenvalue weighted by Crippen LogP contribution is 2.33. The van der Waals surface area contributed by atoms with Crippen molar-refractivity contribution < 1.29 is 22.8 Å². The minimum absolute atomic E-state index is 0.0844. The van der Waals surface area contributed by atoms with Crippen LogP contribution in [0, 0.1) is 5.92 Å². The number of rotatable bonds is 2. The average Bonchev–Trinajstić information content (AvgIpc) is 2.72. The van der Waals surface area contributed by atoms with Gasteiger partial charge in [-0.25, -0.2) is 0 Å². The first-order valence-electron chi connectivity index (χ1n) is 7.12. The lowest BCUT2D eigenvalue weighted by Gasteiger charge is -2.35. The van der Waals surface area contributed by atoms with E-state index in [0.29, 0.717) is 24.1 Å². The summed E-state index contributed by atoms with van der Waals surface area (Å²) in [6.07, 6.45) is -3.73. The van der Waals surface area contributed by atoms with Gasteiger partial charge in [0.2, 0.25) is 0 Å². The SMILES string of the molecule is O=C1c2ccccc2C(=O)N1CN1CCC[C@H](C(F)(F)F)C1. The molecule has 1 atom stereocenters. The number of benzene rings is 1. The zero-order valence-corrected chi connectivity index (χ0v) is 11.8. The minimum atomic E-state index is -4.24. The third kappa shape index (κ3) is 2.61. The highest BCUT2D eigenvalue weighted by molar-refractivity contribution is 6.21. The van der Waals surface area contributed by atoms with Gasteiger partial charge >= 0.3 is 6.18 Å². The van der Waals surface area contributed by atoms with Crippen LogP contribution in [-0.2, 0) is 0 Å². The normalized spacial score (nSPS) is 23.0. The molecular weight excluding hydrogens is 297 g/mol. The molecule has 0 saturated carbocycles. The van der Waals surface area contributed by atoms with Crippen LogP contribution in [0.4, 0.5) is 13.2 Å². The Labute approximate surface area is 125 Å². The van der Waals surface area contributed by atoms with Crippen molar-refractivity contribution in [2.45, 2.75) is 19.0 Å². The summed E-state index contributed by atoms with van der Waals surface area (Å²) in [5, 5.41) is 0. The van der Waals surface area contributed by atoms with Gasteiger partial charge in [-0.1, -0.05) is 12.1 Å². The first kappa shape index (κ1) is 15.0. The van der Waals surface area contributed by atoms with E-state index in [-0.39, 0.29) is 19.6 Å². The van der Waals surface area contributed by atoms with Crippen LogP contribution in [0.2, 0.25) is 0 Å². The number of piperidine rings is 1. The van der Waals surface area contributed by atoms with Crippen LogP contribution in [0.5, 0.6) is 0 Å². The molecule has 0 unspecified atom stereocenters. The lowest BCUT2D eigenvalue weighted by atomic mass is 9.98. The summed E-state index contributed by atoms with van der Waals surface area (Å²) in [4.78, 5) is 27.0. The van der Waals surface area contributed by atoms with Gasteiger partial charge in [0, 0.05) is 6.54 Å². The number of carbonyl (C=O) groups excluding carboxylic acids is 2. The van der Waals surface area contributed by atoms with Crippen LogP contribution in [0.1, 0.15) is 33.6 Å². The van der Waals surface area contributed by atoms with E-state index in [1.165, 1.54) is 4.90 Å². The topological polar surface area (TPSA) is 40.6 Å². The maximum absolute atomic E-state index is 12.8. The number of halogens is 3. The molecule has 0 aromatic heterocycles. The van der Waals surface area contributed by atoms with Crippen molar-refractivity contribution in [3.8, 4) is 0 Å². The van der Waals surface area contributed by atoms with Crippen molar-refractivity contribution in [2.75, 3.05) is 19.8 Å². The predicted molar refractivity (Wildman–Crippen MR) is 72.2 cm³/mol. The third-order valence-corrected chi connectivity index (χ3v) is 4.19. The molecule has 22 heavy (non-hydrogen) atoms. The minimum Gasteiger partial charge on any atom is -0.285 e. The van der Waals surface area contributed by atoms with Crippen LogP contribution in [0.15, 0.2) is 24.3 Å². The lowest BCUT2D eigenvalue weighted by Crippen LogP contribution is -2.48. The second-order valence-corrected chi connectivity index (χ2v) is 5.68. The van der Waals surface area contributed by atoms with Gasteiger partial charge in [0.1, 0.15) is 0 Å². The quantitative estimate of drug-likeness (QED) is 0.788. The number of hydrogen-bond acceptors (Lipinski definition) is 3. The summed E-state index contributed by atoms with van der Waals surface area (Å²) in [5.41, 5.74) is 0.633. The summed E-state index contributed by atoms with van der Waals surface area (Å²) in [6.45, 7) is 0.204. The standard InChI is InChI=1S/C15H15F3N2O2/c16-15(17,18)10-4-3-7-19(8-10)9-20-13(21)11-5-1-2-6-12(11)14(20)22/h1-2,5-6,10H,3-4,7-9H2/t10-/m0/s1. The van der Waals surface area contributed by atoms with E-state index in [1.807, 2.05) is 0 Å². The van der Waals surface area contributed by atoms with Gasteiger partial charge in [0.25, 0.3) is 11.8 Å². The Bertz CT molecular complexity index is 580. The number of amides is 2. The third-order valence-electron chi connectivity index (χ3n) is 4.19. The Morgan fingerprint density at radius 3 is 2.23 bits per heavy atom. The monoisotopic (exact) mass is 312 g/mol. The first-order valence-corrected chi connectivity index (χ1v) is 7.12. The molecule has 4 nitrogen and oxygen atoms in total. The van der Waals surface area contributed by atoms with Gasteiger partial charge in [0.05, 0.1) is 23.7 Å². The van der Waals surface area contributed by atoms with Gasteiger partial charge in [-0.05, 0) is 31.5 Å². The number of carbonyl (C=O) groups is 2. The first-order chi connectivity index (χ1) is 10.4. The molecule has 0 radical (unpaired) electrons. The second kappa shape index (κ2) is 5.39. The Kier molecular flexibility index (Phi) is 3.68. The number of likely N-dealkylation sites (tertiary alicyclic amines) is 1. The Morgan fingerprint density at radius 2 is 1.68 bits per heavy atom. The zero-order chi connectivity index (χ0) is 15.9. The summed E-state index contributed by atoms with van der Waals surface area (Å²) < 4.78 is 38.5. The lowest BCUT2D eigenvalue weighted by molar-refractivity contribution is -0.187. The molecule has 1 aromatic carbocycles. The van der Waals surface area contributed by atoms with E-state index in [0.717, 1.165) is 4.90 Å². The summed E-state index contributed by atoms with van der Waals surface area (Å²) in [5.74, 6) is -2.26. The van der Waals surface area contributed by atoms with Crippen molar-refractivity contribution in [2.24, 2.45) is 5.92 Å². The number of hydrogen-bond donors (Lipinski definition) is 0. The van der Waals surface area contributed by atoms with Crippen molar-refractivity contribution >= 4 is 11.8 Å². The van der Waals surface area contributed by atoms with Gasteiger partial charge < -0.3 is 0 Å². The van der Waals surface area contributed by atoms with Crippen molar-refractivity contribution in [3.05, 3.63) is 35.4 Å². The van der Waals surface area contributed by atoms with Gasteiger partial charge in [-0.15, -0.1) is 0 Å². The van der Waals surface area contributed by atoms with Crippen LogP contribution in [0.25, 0.3) is 0 Å². The fourth-order valence-corrected chi connectivity index (χ4v) is 3.02. The maximum Gasteiger partial charge on any atom is 0.393 e. The molecule has 3 rings (SSSR count). The van der Waals surface area contributed by atoms with Crippen molar-refractivity contribution in [3.63, 3.8) is 0 Å². The number of nitrogens with zero attached hydrogens (tertiary/aromatic N) is 2.